The van der Waals surface area contributed by atoms with Crippen LogP contribution in [0.4, 0.5) is 22.8 Å². The first-order chi connectivity index (χ1) is 29.0. The van der Waals surface area contributed by atoms with E-state index in [-0.39, 0.29) is 37.0 Å². The lowest BCUT2D eigenvalue weighted by Crippen LogP contribution is -2.51. The van der Waals surface area contributed by atoms with Crippen molar-refractivity contribution < 1.29 is 41.8 Å². The molecule has 4 atom stereocenters. The van der Waals surface area contributed by atoms with Gasteiger partial charge in [0.05, 0.1) is 57.3 Å². The molecule has 18 heteroatoms. The van der Waals surface area contributed by atoms with Crippen LogP contribution in [0.2, 0.25) is 0 Å². The number of H-pyrrole nitrogens is 2. The Morgan fingerprint density at radius 2 is 1.21 bits per heavy atom. The number of methoxy groups -OCH3 is 2. The number of rotatable bonds is 11. The fourth-order valence-corrected chi connectivity index (χ4v) is 7.53. The number of amides is 4. The number of benzene rings is 2. The zero-order valence-corrected chi connectivity index (χ0v) is 34.8. The van der Waals surface area contributed by atoms with E-state index in [1.165, 1.54) is 19.1 Å². The average molecular weight is 846 g/mol. The number of ether oxygens (including phenoxy) is 2. The quantitative estimate of drug-likeness (QED) is 0.132. The van der Waals surface area contributed by atoms with E-state index in [2.05, 4.69) is 47.1 Å². The number of carbonyl (C=O) groups is 4. The summed E-state index contributed by atoms with van der Waals surface area (Å²) in [7, 11) is 2.43. The van der Waals surface area contributed by atoms with Gasteiger partial charge in [0.15, 0.2) is 0 Å². The molecule has 0 spiro atoms. The Labute approximate surface area is 351 Å². The molecule has 6 rings (SSSR count). The molecule has 0 bridgehead atoms. The molecule has 15 nitrogen and oxygen atoms in total. The first-order valence-corrected chi connectivity index (χ1v) is 20.0. The minimum atomic E-state index is -4.48. The van der Waals surface area contributed by atoms with E-state index < -0.39 is 48.9 Å². The summed E-state index contributed by atoms with van der Waals surface area (Å²) in [6.07, 6.45) is -1.08. The predicted octanol–water partition coefficient (Wildman–Crippen LogP) is 6.00. The Morgan fingerprint density at radius 3 is 1.66 bits per heavy atom. The maximum absolute atomic E-state index is 13.7. The van der Waals surface area contributed by atoms with E-state index >= 15 is 0 Å². The molecule has 0 aliphatic carbocycles. The van der Waals surface area contributed by atoms with Crippen molar-refractivity contribution in [3.63, 3.8) is 0 Å². The fraction of sp³-hybridized carbons (Fsp3) is 0.442. The van der Waals surface area contributed by atoms with Crippen LogP contribution >= 0.6 is 0 Å². The number of hydrogen-bond acceptors (Lipinski definition) is 9. The SMILES string of the molecule is COC(=O)NC(C(=O)N1CN(CC(F)(F)F)C[C@H]1c1ncc(-c2ccc(C#Cc3ccc(-c4cnc([C@@H]5CCCN5C(=O)[C@@H](NC(=O)OC)C(C)C)[nH]4)cc3)cc2)[nH]1)C(C)C. The van der Waals surface area contributed by atoms with Crippen molar-refractivity contribution in [1.82, 2.24) is 45.3 Å². The van der Waals surface area contributed by atoms with Crippen LogP contribution in [-0.2, 0) is 19.1 Å². The lowest BCUT2D eigenvalue weighted by atomic mass is 10.0. The number of halogens is 3. The summed E-state index contributed by atoms with van der Waals surface area (Å²) in [6, 6.07) is 12.2. The molecule has 0 radical (unpaired) electrons. The van der Waals surface area contributed by atoms with Crippen LogP contribution in [0, 0.1) is 23.7 Å². The first-order valence-electron chi connectivity index (χ1n) is 20.0. The molecule has 61 heavy (non-hydrogen) atoms. The Hall–Kier alpha value is -6.35. The molecule has 324 valence electrons. The molecule has 1 unspecified atom stereocenters. The highest BCUT2D eigenvalue weighted by molar-refractivity contribution is 5.87. The van der Waals surface area contributed by atoms with E-state index in [0.717, 1.165) is 45.7 Å². The number of likely N-dealkylation sites (tertiary alicyclic amines) is 1. The van der Waals surface area contributed by atoms with Crippen molar-refractivity contribution in [2.45, 2.75) is 70.9 Å². The molecular formula is C43H50F3N9O6. The van der Waals surface area contributed by atoms with Gasteiger partial charge in [0.2, 0.25) is 11.8 Å². The molecule has 2 fully saturated rings. The monoisotopic (exact) mass is 845 g/mol. The Bertz CT molecular complexity index is 2240. The minimum absolute atomic E-state index is 0.112. The number of nitrogens with one attached hydrogen (secondary N) is 4. The molecule has 2 aliphatic rings. The van der Waals surface area contributed by atoms with Crippen molar-refractivity contribution in [1.29, 1.82) is 0 Å². The number of imidazole rings is 2. The zero-order valence-electron chi connectivity index (χ0n) is 34.8. The Balaban J connectivity index is 1.11. The summed E-state index contributed by atoms with van der Waals surface area (Å²) in [4.78, 5) is 71.0. The van der Waals surface area contributed by atoms with Crippen molar-refractivity contribution in [3.8, 4) is 34.4 Å². The standard InChI is InChI=1S/C43H50F3N9O6/c1-25(2)35(51-41(58)60-5)39(56)54-19-7-8-33(54)37-47-20-31(49-37)29-15-11-27(12-16-29)9-10-28-13-17-30(18-14-28)32-21-48-38(50-32)34-22-53(23-43(44,45)46)24-55(34)40(57)36(26(3)4)52-42(59)61-6/h11-18,20-21,25-26,33-36H,7-8,19,22-24H2,1-6H3,(H,47,49)(H,48,50)(H,51,58)(H,52,59)/t33-,34-,35-,36?/m0/s1. The highest BCUT2D eigenvalue weighted by Crippen LogP contribution is 2.34. The van der Waals surface area contributed by atoms with E-state index in [9.17, 15) is 32.3 Å². The summed E-state index contributed by atoms with van der Waals surface area (Å²) in [6.45, 7) is 6.13. The maximum atomic E-state index is 13.7. The smallest absolute Gasteiger partial charge is 0.407 e. The second kappa shape index (κ2) is 18.9. The number of alkyl halides is 3. The first kappa shape index (κ1) is 44.2. The van der Waals surface area contributed by atoms with E-state index in [0.29, 0.717) is 23.9 Å². The molecule has 4 heterocycles. The normalized spacial score (nSPS) is 17.8. The van der Waals surface area contributed by atoms with Crippen LogP contribution in [0.1, 0.15) is 75.4 Å². The summed E-state index contributed by atoms with van der Waals surface area (Å²) >= 11 is 0. The van der Waals surface area contributed by atoms with E-state index in [1.807, 2.05) is 62.4 Å². The number of hydrogen-bond donors (Lipinski definition) is 4. The fourth-order valence-electron chi connectivity index (χ4n) is 7.53. The number of aromatic nitrogens is 4. The minimum Gasteiger partial charge on any atom is -0.453 e. The van der Waals surface area contributed by atoms with Crippen molar-refractivity contribution >= 4 is 24.0 Å². The van der Waals surface area contributed by atoms with E-state index in [4.69, 9.17) is 4.74 Å². The van der Waals surface area contributed by atoms with Gasteiger partial charge in [-0.15, -0.1) is 0 Å². The average Bonchev–Trinajstić information content (AvgIpc) is 4.07. The van der Waals surface area contributed by atoms with Gasteiger partial charge in [0.25, 0.3) is 0 Å². The lowest BCUT2D eigenvalue weighted by molar-refractivity contribution is -0.148. The van der Waals surface area contributed by atoms with Crippen molar-refractivity contribution in [2.24, 2.45) is 11.8 Å². The Kier molecular flexibility index (Phi) is 13.7. The zero-order chi connectivity index (χ0) is 44.0. The van der Waals surface area contributed by atoms with Gasteiger partial charge in [-0.1, -0.05) is 63.8 Å². The number of alkyl carbamates (subject to hydrolysis) is 2. The van der Waals surface area contributed by atoms with Crippen LogP contribution in [0.15, 0.2) is 60.9 Å². The lowest BCUT2D eigenvalue weighted by Gasteiger charge is -2.30. The van der Waals surface area contributed by atoms with Gasteiger partial charge in [-0.3, -0.25) is 14.5 Å². The second-order valence-electron chi connectivity index (χ2n) is 15.8. The van der Waals surface area contributed by atoms with Gasteiger partial charge in [-0.25, -0.2) is 19.6 Å². The maximum Gasteiger partial charge on any atom is 0.407 e. The summed E-state index contributed by atoms with van der Waals surface area (Å²) in [5, 5.41) is 5.17. The van der Waals surface area contributed by atoms with Gasteiger partial charge in [-0.2, -0.15) is 13.2 Å². The molecule has 0 saturated carbocycles. The summed E-state index contributed by atoms with van der Waals surface area (Å²) in [5.74, 6) is 6.11. The number of aromatic amines is 2. The topological polar surface area (TPSA) is 178 Å². The third kappa shape index (κ3) is 10.7. The third-order valence-corrected chi connectivity index (χ3v) is 10.7. The van der Waals surface area contributed by atoms with Gasteiger partial charge in [0, 0.05) is 24.2 Å². The molecule has 2 aliphatic heterocycles. The van der Waals surface area contributed by atoms with Crippen molar-refractivity contribution in [2.75, 3.05) is 40.5 Å². The molecule has 4 amide bonds. The molecule has 2 aromatic carbocycles. The summed E-state index contributed by atoms with van der Waals surface area (Å²) in [5.41, 5.74) is 4.58. The molecule has 2 aromatic heterocycles. The third-order valence-electron chi connectivity index (χ3n) is 10.7. The molecule has 4 aromatic rings. The number of carbonyl (C=O) groups excluding carboxylic acids is 4. The highest BCUT2D eigenvalue weighted by atomic mass is 19.4. The van der Waals surface area contributed by atoms with E-state index in [1.54, 1.807) is 31.1 Å². The number of nitrogens with zero attached hydrogens (tertiary/aromatic N) is 5. The summed E-state index contributed by atoms with van der Waals surface area (Å²) < 4.78 is 49.7. The van der Waals surface area contributed by atoms with Gasteiger partial charge in [-0.05, 0) is 60.1 Å². The van der Waals surface area contributed by atoms with Gasteiger partial charge in [0.1, 0.15) is 29.8 Å². The molecular weight excluding hydrogens is 796 g/mol. The predicted molar refractivity (Wildman–Crippen MR) is 218 cm³/mol. The Morgan fingerprint density at radius 1 is 0.754 bits per heavy atom. The van der Waals surface area contributed by atoms with Gasteiger partial charge >= 0.3 is 18.4 Å². The second-order valence-corrected chi connectivity index (χ2v) is 15.8. The molecule has 2 saturated heterocycles. The highest BCUT2D eigenvalue weighted by Gasteiger charge is 2.44. The van der Waals surface area contributed by atoms with Crippen LogP contribution in [0.5, 0.6) is 0 Å². The van der Waals surface area contributed by atoms with Crippen LogP contribution < -0.4 is 10.6 Å². The van der Waals surface area contributed by atoms with Crippen LogP contribution in [-0.4, -0.2) is 117 Å². The molecule has 4 N–H and O–H groups in total. The van der Waals surface area contributed by atoms with Crippen LogP contribution in [0.3, 0.4) is 0 Å². The van der Waals surface area contributed by atoms with Crippen molar-refractivity contribution in [3.05, 3.63) is 83.7 Å². The van der Waals surface area contributed by atoms with Crippen LogP contribution in [0.25, 0.3) is 22.5 Å². The van der Waals surface area contributed by atoms with Gasteiger partial charge < -0.3 is 39.9 Å². The largest absolute Gasteiger partial charge is 0.453 e.